The van der Waals surface area contributed by atoms with Gasteiger partial charge in [0.15, 0.2) is 0 Å². The third-order valence-electron chi connectivity index (χ3n) is 0. The predicted molar refractivity (Wildman–Crippen MR) is 74.3 cm³/mol. The number of hydrogen-bond donors (Lipinski definition) is 0. The molecule has 0 aromatic carbocycles. The Labute approximate surface area is 93.3 Å². The summed E-state index contributed by atoms with van der Waals surface area (Å²) in [6, 6.07) is 0. The highest BCUT2D eigenvalue weighted by atomic mass is 32.2. The predicted octanol–water partition coefficient (Wildman–Crippen LogP) is 2.18. The van der Waals surface area contributed by atoms with Crippen molar-refractivity contribution in [2.24, 2.45) is 0 Å². The van der Waals surface area contributed by atoms with Crippen molar-refractivity contribution in [3.8, 4) is 0 Å². The van der Waals surface area contributed by atoms with Crippen molar-refractivity contribution in [1.29, 1.82) is 0 Å². The molecule has 0 N–H and O–H groups in total. The lowest BCUT2D eigenvalue weighted by Gasteiger charge is -1.78. The van der Waals surface area contributed by atoms with E-state index in [4.69, 9.17) is 0 Å². The molecule has 0 saturated carbocycles. The van der Waals surface area contributed by atoms with Crippen molar-refractivity contribution in [2.75, 3.05) is 25.0 Å². The Kier molecular flexibility index (Phi) is 21.8. The fourth-order valence-corrected chi connectivity index (χ4v) is 0. The molecule has 0 atom stereocenters. The minimum atomic E-state index is -1.67. The van der Waals surface area contributed by atoms with Gasteiger partial charge in [-0.3, -0.25) is 8.42 Å². The average molecular weight is 242 g/mol. The highest BCUT2D eigenvalue weighted by Gasteiger charge is 1.69. The van der Waals surface area contributed by atoms with Gasteiger partial charge in [-0.15, -0.1) is 6.58 Å². The fourth-order valence-electron chi connectivity index (χ4n) is 0. The zero-order chi connectivity index (χ0) is 11.7. The second kappa shape index (κ2) is 12.9. The highest BCUT2D eigenvalue weighted by molar-refractivity contribution is 7.98. The Bertz CT molecular complexity index is 211. The van der Waals surface area contributed by atoms with Crippen LogP contribution in [0.2, 0.25) is 0 Å². The van der Waals surface area contributed by atoms with Crippen molar-refractivity contribution in [3.63, 3.8) is 0 Å². The van der Waals surface area contributed by atoms with E-state index >= 15 is 0 Å². The van der Waals surface area contributed by atoms with Gasteiger partial charge in [0.25, 0.3) is 0 Å². The molecule has 0 amide bonds. The summed E-state index contributed by atoms with van der Waals surface area (Å²) in [5.41, 5.74) is 1.17. The molecule has 90 valence electrons. The van der Waals surface area contributed by atoms with Crippen LogP contribution in [0.25, 0.3) is 0 Å². The Morgan fingerprint density at radius 3 is 1.21 bits per heavy atom. The van der Waals surface area contributed by atoms with E-state index in [0.29, 0.717) is 0 Å². The molecule has 0 aliphatic carbocycles. The van der Waals surface area contributed by atoms with E-state index in [-0.39, 0.29) is 7.43 Å². The molecule has 0 radical (unpaired) electrons. The third-order valence-corrected chi connectivity index (χ3v) is 0. The van der Waals surface area contributed by atoms with Crippen molar-refractivity contribution >= 4 is 26.2 Å². The van der Waals surface area contributed by atoms with E-state index in [1.54, 1.807) is 25.0 Å². The van der Waals surface area contributed by atoms with Crippen LogP contribution in [0, 0.1) is 0 Å². The molecule has 0 bridgehead atoms. The molecule has 0 aromatic heterocycles. The van der Waals surface area contributed by atoms with Crippen LogP contribution in [0.3, 0.4) is 0 Å². The van der Waals surface area contributed by atoms with Gasteiger partial charge in [-0.25, -0.2) is 0 Å². The maximum Gasteiger partial charge on any atom is 0.0148 e. The standard InChI is InChI=1S/C4H8.C3H8OS.C2H6OS.CH4/c1-4(2)3;1-5(2,3)4;1-4(2)3;/h1H2,2-3H3;1H2,2-3H3;1-2H3;1H4. The van der Waals surface area contributed by atoms with E-state index in [2.05, 4.69) is 12.4 Å². The van der Waals surface area contributed by atoms with Crippen LogP contribution in [-0.4, -0.2) is 39.3 Å². The molecular formula is C10H26O2S2. The molecule has 0 unspecified atom stereocenters. The van der Waals surface area contributed by atoms with Crippen LogP contribution < -0.4 is 0 Å². The van der Waals surface area contributed by atoms with Crippen LogP contribution >= 0.6 is 0 Å². The van der Waals surface area contributed by atoms with Crippen LogP contribution in [0.15, 0.2) is 12.2 Å². The Balaban J connectivity index is -0.0000000522. The molecule has 0 aliphatic heterocycles. The first kappa shape index (κ1) is 23.6. The van der Waals surface area contributed by atoms with Crippen molar-refractivity contribution in [3.05, 3.63) is 12.2 Å². The van der Waals surface area contributed by atoms with E-state index in [9.17, 15) is 8.42 Å². The minimum Gasteiger partial charge on any atom is -0.269 e. The van der Waals surface area contributed by atoms with Crippen LogP contribution in [-0.2, 0) is 20.3 Å². The molecule has 0 spiro atoms. The fraction of sp³-hybridized carbons (Fsp3) is 0.700. The van der Waals surface area contributed by atoms with Crippen LogP contribution in [0.1, 0.15) is 21.3 Å². The Hall–Kier alpha value is -0.0900. The molecule has 4 heteroatoms. The summed E-state index contributed by atoms with van der Waals surface area (Å²) in [6.45, 7) is 7.50. The lowest BCUT2D eigenvalue weighted by atomic mass is 10.4. The summed E-state index contributed by atoms with van der Waals surface area (Å²) in [5.74, 6) is 3.30. The Morgan fingerprint density at radius 2 is 1.21 bits per heavy atom. The maximum atomic E-state index is 10.1. The summed E-state index contributed by atoms with van der Waals surface area (Å²) in [5, 5.41) is 0. The van der Waals surface area contributed by atoms with Gasteiger partial charge < -0.3 is 0 Å². The van der Waals surface area contributed by atoms with Gasteiger partial charge in [-0.2, -0.15) is 0 Å². The molecule has 0 heterocycles. The highest BCUT2D eigenvalue weighted by Crippen LogP contribution is 1.73. The van der Waals surface area contributed by atoms with Crippen LogP contribution in [0.4, 0.5) is 0 Å². The summed E-state index contributed by atoms with van der Waals surface area (Å²) in [7, 11) is -2.28. The monoisotopic (exact) mass is 242 g/mol. The maximum absolute atomic E-state index is 10.1. The van der Waals surface area contributed by atoms with E-state index in [0.717, 1.165) is 0 Å². The molecule has 0 rings (SSSR count). The van der Waals surface area contributed by atoms with E-state index in [1.807, 2.05) is 13.8 Å². The van der Waals surface area contributed by atoms with Gasteiger partial charge in [0.2, 0.25) is 0 Å². The minimum absolute atomic E-state index is 0. The second-order valence-corrected chi connectivity index (χ2v) is 7.74. The number of allylic oxidation sites excluding steroid dienone is 1. The molecule has 0 fully saturated rings. The van der Waals surface area contributed by atoms with Gasteiger partial charge in [0.1, 0.15) is 0 Å². The van der Waals surface area contributed by atoms with E-state index in [1.165, 1.54) is 5.57 Å². The normalized spacial score (nSPS) is 8.50. The van der Waals surface area contributed by atoms with Crippen molar-refractivity contribution in [2.45, 2.75) is 21.3 Å². The number of hydrogen-bond acceptors (Lipinski definition) is 2. The first-order valence-electron chi connectivity index (χ1n) is 3.61. The number of rotatable bonds is 0. The molecule has 2 nitrogen and oxygen atoms in total. The van der Waals surface area contributed by atoms with Crippen molar-refractivity contribution in [1.82, 2.24) is 0 Å². The largest absolute Gasteiger partial charge is 0.269 e. The van der Waals surface area contributed by atoms with Crippen molar-refractivity contribution < 1.29 is 8.42 Å². The summed E-state index contributed by atoms with van der Waals surface area (Å²) in [6.07, 6.45) is 6.49. The molecule has 0 aromatic rings. The van der Waals surface area contributed by atoms with Crippen LogP contribution in [0.5, 0.6) is 0 Å². The first-order chi connectivity index (χ1) is 5.46. The molecule has 0 aliphatic rings. The zero-order valence-electron chi connectivity index (χ0n) is 9.55. The second-order valence-electron chi connectivity index (χ2n) is 3.39. The first-order valence-corrected chi connectivity index (χ1v) is 8.12. The molecular weight excluding hydrogens is 216 g/mol. The summed E-state index contributed by atoms with van der Waals surface area (Å²) in [4.78, 5) is 0. The smallest absolute Gasteiger partial charge is 0.0148 e. The summed E-state index contributed by atoms with van der Waals surface area (Å²) >= 11 is 0. The topological polar surface area (TPSA) is 34.1 Å². The van der Waals surface area contributed by atoms with Gasteiger partial charge in [0.05, 0.1) is 0 Å². The lowest BCUT2D eigenvalue weighted by Crippen LogP contribution is -1.86. The van der Waals surface area contributed by atoms with Gasteiger partial charge in [-0.05, 0) is 29.2 Å². The van der Waals surface area contributed by atoms with E-state index < -0.39 is 20.3 Å². The SMILES string of the molecule is C.C=C(C)C.C=S(C)(C)=O.CS(C)=O. The summed E-state index contributed by atoms with van der Waals surface area (Å²) < 4.78 is 19.6. The lowest BCUT2D eigenvalue weighted by molar-refractivity contribution is 0.688. The zero-order valence-corrected chi connectivity index (χ0v) is 11.2. The quantitative estimate of drug-likeness (QED) is 0.482. The van der Waals surface area contributed by atoms with Gasteiger partial charge in [0, 0.05) is 35.8 Å². The van der Waals surface area contributed by atoms with Gasteiger partial charge in [-0.1, -0.05) is 13.0 Å². The third kappa shape index (κ3) is 175000. The van der Waals surface area contributed by atoms with Gasteiger partial charge >= 0.3 is 0 Å². The molecule has 0 saturated heterocycles. The Morgan fingerprint density at radius 1 is 1.21 bits per heavy atom. The molecule has 14 heavy (non-hydrogen) atoms. The average Bonchev–Trinajstić information content (AvgIpc) is 1.50.